The van der Waals surface area contributed by atoms with Gasteiger partial charge in [-0.3, -0.25) is 9.59 Å². The van der Waals surface area contributed by atoms with Crippen LogP contribution in [0.1, 0.15) is 5.82 Å². The first-order chi connectivity index (χ1) is 12.6. The third-order valence-corrected chi connectivity index (χ3v) is 4.67. The molecule has 0 spiro atoms. The number of imidazole rings is 1. The summed E-state index contributed by atoms with van der Waals surface area (Å²) in [5.41, 5.74) is 2.39. The second kappa shape index (κ2) is 8.05. The first-order valence-corrected chi connectivity index (χ1v) is 9.31. The summed E-state index contributed by atoms with van der Waals surface area (Å²) in [6.07, 6.45) is 1.93. The number of hydrogen-bond acceptors (Lipinski definition) is 5. The van der Waals surface area contributed by atoms with E-state index in [0.29, 0.717) is 5.69 Å². The molecule has 1 heterocycles. The summed E-state index contributed by atoms with van der Waals surface area (Å²) >= 11 is 1.53. The van der Waals surface area contributed by atoms with Gasteiger partial charge in [-0.2, -0.15) is 0 Å². The lowest BCUT2D eigenvalue weighted by Gasteiger charge is -2.10. The lowest BCUT2D eigenvalue weighted by Crippen LogP contribution is -2.23. The van der Waals surface area contributed by atoms with E-state index in [-0.39, 0.29) is 19.1 Å². The Labute approximate surface area is 155 Å². The van der Waals surface area contributed by atoms with Crippen molar-refractivity contribution in [3.8, 4) is 0 Å². The number of ether oxygens (including phenoxy) is 1. The number of nitrogens with zero attached hydrogens (tertiary/aromatic N) is 2. The van der Waals surface area contributed by atoms with Crippen LogP contribution in [0, 0.1) is 6.92 Å². The predicted octanol–water partition coefficient (Wildman–Crippen LogP) is 3.25. The van der Waals surface area contributed by atoms with Crippen LogP contribution in [-0.4, -0.2) is 34.3 Å². The topological polar surface area (TPSA) is 73.2 Å². The minimum atomic E-state index is -0.482. The van der Waals surface area contributed by atoms with Crippen molar-refractivity contribution in [2.24, 2.45) is 0 Å². The molecule has 0 fully saturated rings. The second-order valence-corrected chi connectivity index (χ2v) is 6.49. The monoisotopic (exact) mass is 369 g/mol. The molecule has 0 saturated heterocycles. The van der Waals surface area contributed by atoms with E-state index in [1.54, 1.807) is 4.57 Å². The Hall–Kier alpha value is -2.80. The number of carbonyl (C=O) groups excluding carboxylic acids is 2. The van der Waals surface area contributed by atoms with Crippen molar-refractivity contribution in [3.05, 3.63) is 54.4 Å². The Morgan fingerprint density at radius 2 is 1.88 bits per heavy atom. The number of aromatic nitrogens is 2. The van der Waals surface area contributed by atoms with Crippen LogP contribution < -0.4 is 5.32 Å². The highest BCUT2D eigenvalue weighted by molar-refractivity contribution is 7.98. The summed E-state index contributed by atoms with van der Waals surface area (Å²) in [6, 6.07) is 15.0. The van der Waals surface area contributed by atoms with Gasteiger partial charge in [0.25, 0.3) is 5.91 Å². The molecule has 3 rings (SSSR count). The zero-order chi connectivity index (χ0) is 18.5. The van der Waals surface area contributed by atoms with E-state index < -0.39 is 5.97 Å². The van der Waals surface area contributed by atoms with E-state index in [0.717, 1.165) is 21.8 Å². The smallest absolute Gasteiger partial charge is 0.326 e. The fourth-order valence-electron chi connectivity index (χ4n) is 2.65. The molecule has 134 valence electrons. The molecule has 1 N–H and O–H groups in total. The van der Waals surface area contributed by atoms with Crippen molar-refractivity contribution in [1.29, 1.82) is 0 Å². The molecule has 2 aromatic carbocycles. The number of benzene rings is 2. The number of aryl methyl sites for hydroxylation is 1. The highest BCUT2D eigenvalue weighted by Gasteiger charge is 2.13. The predicted molar refractivity (Wildman–Crippen MR) is 102 cm³/mol. The zero-order valence-corrected chi connectivity index (χ0v) is 15.4. The van der Waals surface area contributed by atoms with Crippen LogP contribution in [0.4, 0.5) is 5.69 Å². The van der Waals surface area contributed by atoms with Gasteiger partial charge in [0.15, 0.2) is 6.61 Å². The molecule has 0 atom stereocenters. The Bertz CT molecular complexity index is 952. The molecule has 1 aromatic heterocycles. The van der Waals surface area contributed by atoms with Crippen LogP contribution in [0.5, 0.6) is 0 Å². The Morgan fingerprint density at radius 3 is 2.69 bits per heavy atom. The third-order valence-electron chi connectivity index (χ3n) is 3.88. The molecule has 7 heteroatoms. The standard InChI is InChI=1S/C19H19N3O3S/c1-13-20-14-7-3-5-9-16(14)22(13)11-19(24)25-12-18(23)21-15-8-4-6-10-17(15)26-2/h3-10H,11-12H2,1-2H3,(H,21,23). The number of nitrogens with one attached hydrogen (secondary N) is 1. The number of fused-ring (bicyclic) bond motifs is 1. The first kappa shape index (κ1) is 18.0. The summed E-state index contributed by atoms with van der Waals surface area (Å²) < 4.78 is 6.90. The van der Waals surface area contributed by atoms with Crippen molar-refractivity contribution in [1.82, 2.24) is 9.55 Å². The Kier molecular flexibility index (Phi) is 5.58. The average molecular weight is 369 g/mol. The molecule has 26 heavy (non-hydrogen) atoms. The molecule has 0 unspecified atom stereocenters. The van der Waals surface area contributed by atoms with Crippen LogP contribution in [0.15, 0.2) is 53.4 Å². The maximum atomic E-state index is 12.1. The van der Waals surface area contributed by atoms with Gasteiger partial charge < -0.3 is 14.6 Å². The van der Waals surface area contributed by atoms with Gasteiger partial charge >= 0.3 is 5.97 Å². The molecule has 0 radical (unpaired) electrons. The molecule has 0 aliphatic carbocycles. The SMILES string of the molecule is CSc1ccccc1NC(=O)COC(=O)Cn1c(C)nc2ccccc21. The zero-order valence-electron chi connectivity index (χ0n) is 14.6. The molecule has 0 aliphatic rings. The van der Waals surface area contributed by atoms with Crippen LogP contribution in [0.3, 0.4) is 0 Å². The summed E-state index contributed by atoms with van der Waals surface area (Å²) in [7, 11) is 0. The van der Waals surface area contributed by atoms with Gasteiger partial charge in [-0.1, -0.05) is 24.3 Å². The molecule has 6 nitrogen and oxygen atoms in total. The van der Waals surface area contributed by atoms with Gasteiger partial charge in [0.05, 0.1) is 16.7 Å². The number of rotatable bonds is 6. The average Bonchev–Trinajstić information content (AvgIpc) is 2.96. The van der Waals surface area contributed by atoms with Gasteiger partial charge in [0.2, 0.25) is 0 Å². The van der Waals surface area contributed by atoms with Gasteiger partial charge in [0.1, 0.15) is 12.4 Å². The quantitative estimate of drug-likeness (QED) is 0.533. The van der Waals surface area contributed by atoms with Crippen LogP contribution in [0.2, 0.25) is 0 Å². The number of anilines is 1. The number of amides is 1. The van der Waals surface area contributed by atoms with Gasteiger partial charge in [-0.25, -0.2) is 4.98 Å². The number of carbonyl (C=O) groups is 2. The van der Waals surface area contributed by atoms with Crippen molar-refractivity contribution in [2.45, 2.75) is 18.4 Å². The fourth-order valence-corrected chi connectivity index (χ4v) is 3.20. The van der Waals surface area contributed by atoms with Gasteiger partial charge in [-0.05, 0) is 37.4 Å². The van der Waals surface area contributed by atoms with E-state index in [2.05, 4.69) is 10.3 Å². The van der Waals surface area contributed by atoms with Gasteiger partial charge in [0, 0.05) is 4.90 Å². The highest BCUT2D eigenvalue weighted by atomic mass is 32.2. The van der Waals surface area contributed by atoms with Gasteiger partial charge in [-0.15, -0.1) is 11.8 Å². The van der Waals surface area contributed by atoms with E-state index in [4.69, 9.17) is 4.74 Å². The van der Waals surface area contributed by atoms with Crippen molar-refractivity contribution >= 4 is 40.4 Å². The summed E-state index contributed by atoms with van der Waals surface area (Å²) in [5.74, 6) is -0.127. The molecule has 0 bridgehead atoms. The molecule has 0 saturated carbocycles. The lowest BCUT2D eigenvalue weighted by molar-refractivity contribution is -0.147. The lowest BCUT2D eigenvalue weighted by atomic mass is 10.3. The number of hydrogen-bond donors (Lipinski definition) is 1. The summed E-state index contributed by atoms with van der Waals surface area (Å²) in [6.45, 7) is 1.52. The van der Waals surface area contributed by atoms with E-state index in [1.165, 1.54) is 11.8 Å². The number of thioether (sulfide) groups is 1. The second-order valence-electron chi connectivity index (χ2n) is 5.64. The van der Waals surface area contributed by atoms with Crippen LogP contribution in [-0.2, 0) is 20.9 Å². The van der Waals surface area contributed by atoms with E-state index in [9.17, 15) is 9.59 Å². The third kappa shape index (κ3) is 4.05. The molecule has 3 aromatic rings. The molecule has 1 amide bonds. The molecule has 0 aliphatic heterocycles. The van der Waals surface area contributed by atoms with Crippen LogP contribution >= 0.6 is 11.8 Å². The van der Waals surface area contributed by atoms with Crippen molar-refractivity contribution in [3.63, 3.8) is 0 Å². The van der Waals surface area contributed by atoms with Crippen molar-refractivity contribution in [2.75, 3.05) is 18.2 Å². The summed E-state index contributed by atoms with van der Waals surface area (Å²) in [5, 5.41) is 2.76. The van der Waals surface area contributed by atoms with E-state index in [1.807, 2.05) is 61.7 Å². The Morgan fingerprint density at radius 1 is 1.15 bits per heavy atom. The maximum Gasteiger partial charge on any atom is 0.326 e. The van der Waals surface area contributed by atoms with Crippen LogP contribution in [0.25, 0.3) is 11.0 Å². The highest BCUT2D eigenvalue weighted by Crippen LogP contribution is 2.24. The fraction of sp³-hybridized carbons (Fsp3) is 0.211. The van der Waals surface area contributed by atoms with Crippen molar-refractivity contribution < 1.29 is 14.3 Å². The summed E-state index contributed by atoms with van der Waals surface area (Å²) in [4.78, 5) is 29.5. The number of para-hydroxylation sites is 3. The molecular formula is C19H19N3O3S. The Balaban J connectivity index is 1.58. The minimum absolute atomic E-state index is 0.0149. The molecular weight excluding hydrogens is 350 g/mol. The number of esters is 1. The maximum absolute atomic E-state index is 12.1. The first-order valence-electron chi connectivity index (χ1n) is 8.09. The largest absolute Gasteiger partial charge is 0.454 e. The normalized spacial score (nSPS) is 10.7. The van der Waals surface area contributed by atoms with E-state index >= 15 is 0 Å². The minimum Gasteiger partial charge on any atom is -0.454 e.